The molecule has 1 atom stereocenters. The van der Waals surface area contributed by atoms with E-state index in [-0.39, 0.29) is 24.2 Å². The summed E-state index contributed by atoms with van der Waals surface area (Å²) in [5, 5.41) is 4.50. The molecule has 3 heterocycles. The van der Waals surface area contributed by atoms with Crippen LogP contribution in [0.1, 0.15) is 12.0 Å². The molecule has 2 aromatic carbocycles. The zero-order valence-electron chi connectivity index (χ0n) is 18.4. The van der Waals surface area contributed by atoms with Crippen molar-refractivity contribution in [2.75, 3.05) is 32.6 Å². The third-order valence-electron chi connectivity index (χ3n) is 6.04. The molecule has 2 aromatic heterocycles. The van der Waals surface area contributed by atoms with Crippen molar-refractivity contribution in [3.63, 3.8) is 0 Å². The van der Waals surface area contributed by atoms with Crippen LogP contribution in [0.25, 0.3) is 21.1 Å². The van der Waals surface area contributed by atoms with Crippen LogP contribution in [0.3, 0.4) is 0 Å². The average Bonchev–Trinajstić information content (AvgIpc) is 3.52. The Labute approximate surface area is 194 Å². The summed E-state index contributed by atoms with van der Waals surface area (Å²) >= 11 is 1.39. The number of aromatic nitrogens is 2. The molecular formula is C24H24N4O4S. The van der Waals surface area contributed by atoms with Crippen molar-refractivity contribution in [2.45, 2.75) is 12.8 Å². The summed E-state index contributed by atoms with van der Waals surface area (Å²) in [6, 6.07) is 11.5. The molecule has 0 aliphatic carbocycles. The van der Waals surface area contributed by atoms with Gasteiger partial charge in [0.1, 0.15) is 11.5 Å². The number of rotatable bonds is 7. The largest absolute Gasteiger partial charge is 0.497 e. The molecule has 8 nitrogen and oxygen atoms in total. The number of methoxy groups -OCH3 is 2. The van der Waals surface area contributed by atoms with Crippen LogP contribution < -0.4 is 14.8 Å². The molecule has 0 bridgehead atoms. The summed E-state index contributed by atoms with van der Waals surface area (Å²) in [6.07, 6.45) is 2.89. The molecule has 0 saturated carbocycles. The number of H-pyrrole nitrogens is 1. The Morgan fingerprint density at radius 3 is 2.82 bits per heavy atom. The minimum atomic E-state index is -0.387. The highest BCUT2D eigenvalue weighted by molar-refractivity contribution is 7.22. The molecule has 170 valence electrons. The second-order valence-corrected chi connectivity index (χ2v) is 9.09. The molecule has 1 fully saturated rings. The molecule has 2 amide bonds. The molecule has 1 aliphatic rings. The van der Waals surface area contributed by atoms with Gasteiger partial charge in [-0.15, -0.1) is 0 Å². The molecule has 2 N–H and O–H groups in total. The van der Waals surface area contributed by atoms with E-state index in [1.54, 1.807) is 19.1 Å². The van der Waals surface area contributed by atoms with E-state index in [0.29, 0.717) is 24.6 Å². The fourth-order valence-corrected chi connectivity index (χ4v) is 5.10. The van der Waals surface area contributed by atoms with Crippen LogP contribution >= 0.6 is 11.3 Å². The Balaban J connectivity index is 1.22. The normalized spacial score (nSPS) is 16.0. The van der Waals surface area contributed by atoms with Gasteiger partial charge in [-0.2, -0.15) is 0 Å². The van der Waals surface area contributed by atoms with E-state index in [1.807, 2.05) is 42.6 Å². The van der Waals surface area contributed by atoms with Crippen molar-refractivity contribution in [2.24, 2.45) is 5.92 Å². The number of nitrogens with one attached hydrogen (secondary N) is 2. The SMILES string of the molecule is COc1ccc2nc(NC(=O)[C@H]3CC(=O)N(CCc4c[nH]c5ccc(OC)cc45)C3)sc2c1. The van der Waals surface area contributed by atoms with Crippen LogP contribution in [0.4, 0.5) is 5.13 Å². The lowest BCUT2D eigenvalue weighted by Gasteiger charge is -2.16. The number of hydrogen-bond donors (Lipinski definition) is 2. The Bertz CT molecular complexity index is 1340. The predicted molar refractivity (Wildman–Crippen MR) is 128 cm³/mol. The van der Waals surface area contributed by atoms with Gasteiger partial charge in [0.15, 0.2) is 5.13 Å². The van der Waals surface area contributed by atoms with Crippen molar-refractivity contribution >= 4 is 49.4 Å². The maximum Gasteiger partial charge on any atom is 0.231 e. The Morgan fingerprint density at radius 2 is 2.00 bits per heavy atom. The van der Waals surface area contributed by atoms with E-state index >= 15 is 0 Å². The number of aromatic amines is 1. The Kier molecular flexibility index (Phi) is 5.63. The fraction of sp³-hybridized carbons (Fsp3) is 0.292. The second kappa shape index (κ2) is 8.74. The lowest BCUT2D eigenvalue weighted by molar-refractivity contribution is -0.128. The zero-order valence-corrected chi connectivity index (χ0v) is 19.2. The number of carbonyl (C=O) groups excluding carboxylic acids is 2. The van der Waals surface area contributed by atoms with E-state index in [0.717, 1.165) is 38.2 Å². The van der Waals surface area contributed by atoms with E-state index in [2.05, 4.69) is 15.3 Å². The maximum absolute atomic E-state index is 12.8. The van der Waals surface area contributed by atoms with Crippen LogP contribution in [0.5, 0.6) is 11.5 Å². The minimum Gasteiger partial charge on any atom is -0.497 e. The summed E-state index contributed by atoms with van der Waals surface area (Å²) in [6.45, 7) is 0.975. The molecule has 0 spiro atoms. The first-order valence-electron chi connectivity index (χ1n) is 10.7. The van der Waals surface area contributed by atoms with Gasteiger partial charge < -0.3 is 24.7 Å². The number of ether oxygens (including phenoxy) is 2. The molecule has 4 aromatic rings. The van der Waals surface area contributed by atoms with Crippen molar-refractivity contribution < 1.29 is 19.1 Å². The van der Waals surface area contributed by atoms with E-state index < -0.39 is 0 Å². The summed E-state index contributed by atoms with van der Waals surface area (Å²) < 4.78 is 11.5. The summed E-state index contributed by atoms with van der Waals surface area (Å²) in [5.41, 5.74) is 2.95. The number of benzene rings is 2. The number of carbonyl (C=O) groups is 2. The lowest BCUT2D eigenvalue weighted by Crippen LogP contribution is -2.29. The summed E-state index contributed by atoms with van der Waals surface area (Å²) in [7, 11) is 3.26. The summed E-state index contributed by atoms with van der Waals surface area (Å²) in [4.78, 5) is 34.9. The van der Waals surface area contributed by atoms with Gasteiger partial charge in [-0.05, 0) is 48.4 Å². The van der Waals surface area contributed by atoms with E-state index in [1.165, 1.54) is 11.3 Å². The number of fused-ring (bicyclic) bond motifs is 2. The zero-order chi connectivity index (χ0) is 22.9. The van der Waals surface area contributed by atoms with E-state index in [9.17, 15) is 9.59 Å². The smallest absolute Gasteiger partial charge is 0.231 e. The number of likely N-dealkylation sites (tertiary alicyclic amines) is 1. The first kappa shape index (κ1) is 21.3. The fourth-order valence-electron chi connectivity index (χ4n) is 4.20. The topological polar surface area (TPSA) is 96.5 Å². The maximum atomic E-state index is 12.8. The number of hydrogen-bond acceptors (Lipinski definition) is 6. The van der Waals surface area contributed by atoms with Gasteiger partial charge in [0.25, 0.3) is 0 Å². The van der Waals surface area contributed by atoms with Crippen LogP contribution in [0, 0.1) is 5.92 Å². The minimum absolute atomic E-state index is 0.00149. The average molecular weight is 465 g/mol. The number of thiazole rings is 1. The van der Waals surface area contributed by atoms with Gasteiger partial charge in [-0.3, -0.25) is 9.59 Å². The third-order valence-corrected chi connectivity index (χ3v) is 6.97. The van der Waals surface area contributed by atoms with Crippen molar-refractivity contribution in [1.29, 1.82) is 0 Å². The number of anilines is 1. The van der Waals surface area contributed by atoms with Crippen LogP contribution in [0.2, 0.25) is 0 Å². The first-order chi connectivity index (χ1) is 16.0. The Hall–Kier alpha value is -3.59. The van der Waals surface area contributed by atoms with E-state index in [4.69, 9.17) is 9.47 Å². The molecule has 1 aliphatic heterocycles. The highest BCUT2D eigenvalue weighted by Crippen LogP contribution is 2.30. The third kappa shape index (κ3) is 4.23. The number of nitrogens with zero attached hydrogens (tertiary/aromatic N) is 2. The monoisotopic (exact) mass is 464 g/mol. The van der Waals surface area contributed by atoms with Gasteiger partial charge in [0.2, 0.25) is 11.8 Å². The Morgan fingerprint density at radius 1 is 1.21 bits per heavy atom. The van der Waals surface area contributed by atoms with Crippen molar-refractivity contribution in [3.8, 4) is 11.5 Å². The quantitative estimate of drug-likeness (QED) is 0.433. The molecular weight excluding hydrogens is 440 g/mol. The van der Waals surface area contributed by atoms with Crippen LogP contribution in [-0.2, 0) is 16.0 Å². The van der Waals surface area contributed by atoms with Crippen LogP contribution in [-0.4, -0.2) is 54.0 Å². The van der Waals surface area contributed by atoms with Gasteiger partial charge in [-0.1, -0.05) is 11.3 Å². The van der Waals surface area contributed by atoms with Crippen molar-refractivity contribution in [1.82, 2.24) is 14.9 Å². The lowest BCUT2D eigenvalue weighted by atomic mass is 10.1. The molecule has 5 rings (SSSR count). The molecule has 0 unspecified atom stereocenters. The highest BCUT2D eigenvalue weighted by Gasteiger charge is 2.34. The van der Waals surface area contributed by atoms with Gasteiger partial charge >= 0.3 is 0 Å². The first-order valence-corrected chi connectivity index (χ1v) is 11.5. The highest BCUT2D eigenvalue weighted by atomic mass is 32.1. The van der Waals surface area contributed by atoms with Crippen molar-refractivity contribution in [3.05, 3.63) is 48.2 Å². The predicted octanol–water partition coefficient (Wildman–Crippen LogP) is 3.82. The second-order valence-electron chi connectivity index (χ2n) is 8.06. The molecule has 0 radical (unpaired) electrons. The molecule has 9 heteroatoms. The van der Waals surface area contributed by atoms with Crippen LogP contribution in [0.15, 0.2) is 42.6 Å². The van der Waals surface area contributed by atoms with Gasteiger partial charge in [-0.25, -0.2) is 4.98 Å². The molecule has 1 saturated heterocycles. The van der Waals surface area contributed by atoms with Gasteiger partial charge in [0.05, 0.1) is 30.4 Å². The number of amides is 2. The van der Waals surface area contributed by atoms with Gasteiger partial charge in [0, 0.05) is 36.6 Å². The standard InChI is InChI=1S/C24H24N4O4S/c1-31-16-3-5-19-18(10-16)14(12-25-19)7-8-28-13-15(9-22(28)29)23(30)27-24-26-20-6-4-17(32-2)11-21(20)33-24/h3-6,10-12,15,25H,7-9,13H2,1-2H3,(H,26,27,30)/t15-/m0/s1. The molecule has 33 heavy (non-hydrogen) atoms. The summed E-state index contributed by atoms with van der Waals surface area (Å²) in [5.74, 6) is 0.984.